The summed E-state index contributed by atoms with van der Waals surface area (Å²) in [6, 6.07) is 0. The van der Waals surface area contributed by atoms with E-state index in [-0.39, 0.29) is 23.9 Å². The van der Waals surface area contributed by atoms with Crippen molar-refractivity contribution in [3.05, 3.63) is 11.8 Å². The smallest absolute Gasteiger partial charge is 0.314 e. The van der Waals surface area contributed by atoms with Gasteiger partial charge in [-0.05, 0) is 5.92 Å². The summed E-state index contributed by atoms with van der Waals surface area (Å²) >= 11 is 0. The molecule has 1 rings (SSSR count). The molecule has 4 heteroatoms. The van der Waals surface area contributed by atoms with Crippen molar-refractivity contribution < 1.29 is 19.8 Å². The van der Waals surface area contributed by atoms with E-state index in [1.54, 1.807) is 6.92 Å². The highest BCUT2D eigenvalue weighted by molar-refractivity contribution is 5.93. The van der Waals surface area contributed by atoms with Gasteiger partial charge in [0.1, 0.15) is 11.7 Å². The van der Waals surface area contributed by atoms with E-state index in [0.29, 0.717) is 0 Å². The third-order valence-electron chi connectivity index (χ3n) is 1.99. The summed E-state index contributed by atoms with van der Waals surface area (Å²) in [5.74, 6) is -2.85. The molecular formula is C8H10O4. The fraction of sp³-hybridized carbons (Fsp3) is 0.500. The summed E-state index contributed by atoms with van der Waals surface area (Å²) in [6.45, 7) is 1.64. The molecule has 0 spiro atoms. The van der Waals surface area contributed by atoms with Crippen LogP contribution in [0.2, 0.25) is 0 Å². The van der Waals surface area contributed by atoms with Crippen LogP contribution in [-0.2, 0) is 9.59 Å². The maximum atomic E-state index is 10.8. The standard InChI is InChI=1S/C8H10O4/c1-4-2-5(9)3-6(10)7(4)8(11)12/h3-4,7,10H,2H2,1H3,(H,11,12). The van der Waals surface area contributed by atoms with Gasteiger partial charge in [0.2, 0.25) is 0 Å². The van der Waals surface area contributed by atoms with Crippen LogP contribution in [0.4, 0.5) is 0 Å². The van der Waals surface area contributed by atoms with Crippen LogP contribution in [0.15, 0.2) is 11.8 Å². The lowest BCUT2D eigenvalue weighted by molar-refractivity contribution is -0.143. The number of aliphatic carboxylic acids is 1. The molecule has 0 radical (unpaired) electrons. The molecule has 0 aliphatic heterocycles. The molecule has 2 atom stereocenters. The van der Waals surface area contributed by atoms with Gasteiger partial charge >= 0.3 is 5.97 Å². The zero-order valence-corrected chi connectivity index (χ0v) is 6.65. The normalized spacial score (nSPS) is 29.8. The summed E-state index contributed by atoms with van der Waals surface area (Å²) in [4.78, 5) is 21.4. The molecule has 1 aliphatic carbocycles. The van der Waals surface area contributed by atoms with Crippen LogP contribution >= 0.6 is 0 Å². The van der Waals surface area contributed by atoms with Crippen LogP contribution in [0.5, 0.6) is 0 Å². The number of aliphatic hydroxyl groups is 1. The van der Waals surface area contributed by atoms with Crippen LogP contribution < -0.4 is 0 Å². The van der Waals surface area contributed by atoms with Crippen LogP contribution in [0.3, 0.4) is 0 Å². The molecule has 0 aromatic heterocycles. The van der Waals surface area contributed by atoms with E-state index in [1.165, 1.54) is 0 Å². The van der Waals surface area contributed by atoms with Gasteiger partial charge < -0.3 is 10.2 Å². The van der Waals surface area contributed by atoms with E-state index in [1.807, 2.05) is 0 Å². The van der Waals surface area contributed by atoms with Crippen molar-refractivity contribution in [2.45, 2.75) is 13.3 Å². The fourth-order valence-electron chi connectivity index (χ4n) is 1.41. The predicted molar refractivity (Wildman–Crippen MR) is 40.6 cm³/mol. The highest BCUT2D eigenvalue weighted by Crippen LogP contribution is 2.27. The van der Waals surface area contributed by atoms with Crippen molar-refractivity contribution in [1.29, 1.82) is 0 Å². The lowest BCUT2D eigenvalue weighted by Gasteiger charge is -2.22. The van der Waals surface area contributed by atoms with E-state index in [9.17, 15) is 9.59 Å². The van der Waals surface area contributed by atoms with Crippen molar-refractivity contribution in [3.8, 4) is 0 Å². The third-order valence-corrected chi connectivity index (χ3v) is 1.99. The minimum atomic E-state index is -1.08. The SMILES string of the molecule is CC1CC(=O)C=C(O)C1C(=O)O. The van der Waals surface area contributed by atoms with Crippen LogP contribution in [0.1, 0.15) is 13.3 Å². The Bertz CT molecular complexity index is 254. The topological polar surface area (TPSA) is 74.6 Å². The number of ketones is 1. The van der Waals surface area contributed by atoms with Gasteiger partial charge in [-0.2, -0.15) is 0 Å². The van der Waals surface area contributed by atoms with Gasteiger partial charge in [-0.1, -0.05) is 6.92 Å². The maximum absolute atomic E-state index is 10.8. The molecule has 0 fully saturated rings. The third kappa shape index (κ3) is 1.47. The molecule has 4 nitrogen and oxygen atoms in total. The van der Waals surface area contributed by atoms with Gasteiger partial charge in [-0.3, -0.25) is 9.59 Å². The molecule has 66 valence electrons. The van der Waals surface area contributed by atoms with Gasteiger partial charge in [-0.25, -0.2) is 0 Å². The Hall–Kier alpha value is -1.32. The zero-order valence-electron chi connectivity index (χ0n) is 6.65. The average molecular weight is 170 g/mol. The molecule has 0 aromatic rings. The average Bonchev–Trinajstić information content (AvgIpc) is 1.82. The lowest BCUT2D eigenvalue weighted by atomic mass is 9.83. The van der Waals surface area contributed by atoms with Crippen LogP contribution in [0, 0.1) is 11.8 Å². The number of carboxylic acid groups (broad SMARTS) is 1. The first-order valence-electron chi connectivity index (χ1n) is 3.68. The minimum absolute atomic E-state index is 0.195. The lowest BCUT2D eigenvalue weighted by Crippen LogP contribution is -2.29. The van der Waals surface area contributed by atoms with Crippen LogP contribution in [-0.4, -0.2) is 22.0 Å². The van der Waals surface area contributed by atoms with Gasteiger partial charge in [0, 0.05) is 12.5 Å². The van der Waals surface area contributed by atoms with Crippen molar-refractivity contribution in [3.63, 3.8) is 0 Å². The first-order valence-corrected chi connectivity index (χ1v) is 3.68. The quantitative estimate of drug-likeness (QED) is 0.608. The highest BCUT2D eigenvalue weighted by atomic mass is 16.4. The number of hydrogen-bond acceptors (Lipinski definition) is 3. The number of hydrogen-bond donors (Lipinski definition) is 2. The van der Waals surface area contributed by atoms with Gasteiger partial charge in [0.05, 0.1) is 0 Å². The molecule has 1 aliphatic rings. The Kier molecular flexibility index (Phi) is 2.17. The number of aliphatic hydroxyl groups excluding tert-OH is 1. The number of carbonyl (C=O) groups is 2. The van der Waals surface area contributed by atoms with Gasteiger partial charge in [0.25, 0.3) is 0 Å². The predicted octanol–water partition coefficient (Wildman–Crippen LogP) is 0.738. The number of carboxylic acids is 1. The van der Waals surface area contributed by atoms with Gasteiger partial charge in [0.15, 0.2) is 5.78 Å². The Morgan fingerprint density at radius 1 is 1.67 bits per heavy atom. The zero-order chi connectivity index (χ0) is 9.30. The largest absolute Gasteiger partial charge is 0.511 e. The molecular weight excluding hydrogens is 160 g/mol. The second-order valence-electron chi connectivity index (χ2n) is 3.03. The Morgan fingerprint density at radius 2 is 2.25 bits per heavy atom. The highest BCUT2D eigenvalue weighted by Gasteiger charge is 2.33. The van der Waals surface area contributed by atoms with E-state index >= 15 is 0 Å². The van der Waals surface area contributed by atoms with Crippen molar-refractivity contribution in [1.82, 2.24) is 0 Å². The Balaban J connectivity index is 2.93. The number of carbonyl (C=O) groups excluding carboxylic acids is 1. The minimum Gasteiger partial charge on any atom is -0.511 e. The van der Waals surface area contributed by atoms with Crippen molar-refractivity contribution in [2.75, 3.05) is 0 Å². The first kappa shape index (κ1) is 8.77. The van der Waals surface area contributed by atoms with E-state index in [4.69, 9.17) is 10.2 Å². The molecule has 0 saturated heterocycles. The summed E-state index contributed by atoms with van der Waals surface area (Å²) < 4.78 is 0. The molecule has 2 N–H and O–H groups in total. The van der Waals surface area contributed by atoms with Gasteiger partial charge in [-0.15, -0.1) is 0 Å². The fourth-order valence-corrected chi connectivity index (χ4v) is 1.41. The van der Waals surface area contributed by atoms with Crippen molar-refractivity contribution >= 4 is 11.8 Å². The summed E-state index contributed by atoms with van der Waals surface area (Å²) in [5, 5.41) is 17.8. The Morgan fingerprint density at radius 3 is 2.67 bits per heavy atom. The van der Waals surface area contributed by atoms with E-state index in [2.05, 4.69) is 0 Å². The second kappa shape index (κ2) is 2.97. The summed E-state index contributed by atoms with van der Waals surface area (Å²) in [7, 11) is 0. The molecule has 0 heterocycles. The maximum Gasteiger partial charge on any atom is 0.314 e. The Labute approximate surface area is 69.5 Å². The number of rotatable bonds is 1. The molecule has 2 unspecified atom stereocenters. The molecule has 12 heavy (non-hydrogen) atoms. The second-order valence-corrected chi connectivity index (χ2v) is 3.03. The van der Waals surface area contributed by atoms with Crippen molar-refractivity contribution in [2.24, 2.45) is 11.8 Å². The summed E-state index contributed by atoms with van der Waals surface area (Å²) in [6.07, 6.45) is 1.19. The molecule has 0 aromatic carbocycles. The molecule has 0 amide bonds. The molecule has 0 bridgehead atoms. The summed E-state index contributed by atoms with van der Waals surface area (Å²) in [5.41, 5.74) is 0. The number of allylic oxidation sites excluding steroid dienone is 1. The molecule has 0 saturated carbocycles. The van der Waals surface area contributed by atoms with Crippen LogP contribution in [0.25, 0.3) is 0 Å². The first-order chi connectivity index (χ1) is 5.52. The van der Waals surface area contributed by atoms with E-state index in [0.717, 1.165) is 6.08 Å². The monoisotopic (exact) mass is 170 g/mol. The van der Waals surface area contributed by atoms with E-state index < -0.39 is 11.9 Å².